The molecule has 0 atom stereocenters. The van der Waals surface area contributed by atoms with Crippen LogP contribution in [0.5, 0.6) is 0 Å². The van der Waals surface area contributed by atoms with E-state index >= 15 is 0 Å². The number of benzene rings is 1. The van der Waals surface area contributed by atoms with Gasteiger partial charge in [-0.25, -0.2) is 0 Å². The predicted octanol–water partition coefficient (Wildman–Crippen LogP) is 3.80. The number of carbonyl (C=O) groups is 1. The van der Waals surface area contributed by atoms with Crippen LogP contribution in [0.3, 0.4) is 0 Å². The molecule has 1 aromatic carbocycles. The van der Waals surface area contributed by atoms with Crippen LogP contribution in [0.15, 0.2) is 18.2 Å². The summed E-state index contributed by atoms with van der Waals surface area (Å²) in [5.74, 6) is 0.226. The number of aryl methyl sites for hydroxylation is 1. The zero-order valence-electron chi connectivity index (χ0n) is 13.9. The van der Waals surface area contributed by atoms with Crippen molar-refractivity contribution in [1.82, 2.24) is 4.90 Å². The molecule has 0 N–H and O–H groups in total. The van der Waals surface area contributed by atoms with Crippen molar-refractivity contribution < 1.29 is 4.79 Å². The van der Waals surface area contributed by atoms with Crippen molar-refractivity contribution in [2.45, 2.75) is 53.3 Å². The average Bonchev–Trinajstić information content (AvgIpc) is 2.36. The first-order valence-corrected chi connectivity index (χ1v) is 11.2. The van der Waals surface area contributed by atoms with Crippen LogP contribution in [-0.4, -0.2) is 32.0 Å². The molecule has 0 aliphatic carbocycles. The summed E-state index contributed by atoms with van der Waals surface area (Å²) in [6, 6.07) is 6.30. The Hall–Kier alpha value is -1.09. The van der Waals surface area contributed by atoms with E-state index in [1.807, 2.05) is 4.90 Å². The molecular weight excluding hydrogens is 262 g/mol. The van der Waals surface area contributed by atoms with Gasteiger partial charge < -0.3 is 4.90 Å². The number of nitrogens with zero attached hydrogens (tertiary/aromatic N) is 1. The lowest BCUT2D eigenvalue weighted by Crippen LogP contribution is -2.45. The van der Waals surface area contributed by atoms with Gasteiger partial charge in [0.1, 0.15) is 0 Å². The molecule has 0 saturated heterocycles. The molecule has 0 saturated carbocycles. The highest BCUT2D eigenvalue weighted by atomic mass is 28.3. The van der Waals surface area contributed by atoms with E-state index < -0.39 is 8.07 Å². The van der Waals surface area contributed by atoms with Crippen molar-refractivity contribution in [3.63, 3.8) is 0 Å². The highest BCUT2D eigenvalue weighted by molar-refractivity contribution is 6.89. The predicted molar refractivity (Wildman–Crippen MR) is 90.6 cm³/mol. The van der Waals surface area contributed by atoms with Crippen LogP contribution in [0.25, 0.3) is 0 Å². The summed E-state index contributed by atoms with van der Waals surface area (Å²) in [5, 5.41) is 1.29. The summed E-state index contributed by atoms with van der Waals surface area (Å²) in [6.07, 6.45) is 2.03. The topological polar surface area (TPSA) is 20.3 Å². The van der Waals surface area contributed by atoms with Crippen molar-refractivity contribution in [3.8, 4) is 0 Å². The van der Waals surface area contributed by atoms with Gasteiger partial charge in [0.15, 0.2) is 0 Å². The quantitative estimate of drug-likeness (QED) is 0.730. The van der Waals surface area contributed by atoms with E-state index in [1.165, 1.54) is 5.19 Å². The average molecular weight is 292 g/mol. The van der Waals surface area contributed by atoms with Crippen molar-refractivity contribution in [2.75, 3.05) is 13.1 Å². The Balaban J connectivity index is 3.26. The SMILES string of the molecule is CCCN(CCC)C(=O)c1c(C)cccc1[Si](C)(C)C. The molecule has 20 heavy (non-hydrogen) atoms. The molecule has 1 amide bonds. The molecule has 0 aromatic heterocycles. The second kappa shape index (κ2) is 7.07. The Kier molecular flexibility index (Phi) is 6.00. The van der Waals surface area contributed by atoms with Gasteiger partial charge in [-0.05, 0) is 30.5 Å². The summed E-state index contributed by atoms with van der Waals surface area (Å²) < 4.78 is 0. The van der Waals surface area contributed by atoms with Gasteiger partial charge in [0.05, 0.1) is 8.07 Å². The zero-order valence-corrected chi connectivity index (χ0v) is 14.9. The van der Waals surface area contributed by atoms with Crippen LogP contribution < -0.4 is 5.19 Å². The Labute approximate surface area is 125 Å². The fraction of sp³-hybridized carbons (Fsp3) is 0.588. The fourth-order valence-corrected chi connectivity index (χ4v) is 4.24. The van der Waals surface area contributed by atoms with Gasteiger partial charge in [0.2, 0.25) is 0 Å². The second-order valence-electron chi connectivity index (χ2n) is 6.54. The number of rotatable bonds is 6. The largest absolute Gasteiger partial charge is 0.339 e. The lowest BCUT2D eigenvalue weighted by Gasteiger charge is -2.27. The minimum absolute atomic E-state index is 0.226. The molecule has 0 spiro atoms. The second-order valence-corrected chi connectivity index (χ2v) is 11.6. The van der Waals surface area contributed by atoms with Crippen molar-refractivity contribution in [3.05, 3.63) is 29.3 Å². The smallest absolute Gasteiger partial charge is 0.254 e. The molecule has 3 heteroatoms. The van der Waals surface area contributed by atoms with Crippen LogP contribution in [0.4, 0.5) is 0 Å². The first-order chi connectivity index (χ1) is 9.32. The molecule has 0 fully saturated rings. The van der Waals surface area contributed by atoms with Crippen LogP contribution in [0.2, 0.25) is 19.6 Å². The Morgan fingerprint density at radius 1 is 1.10 bits per heavy atom. The highest BCUT2D eigenvalue weighted by Crippen LogP contribution is 2.15. The normalized spacial score (nSPS) is 11.5. The molecule has 0 radical (unpaired) electrons. The Morgan fingerprint density at radius 3 is 2.10 bits per heavy atom. The maximum absolute atomic E-state index is 13.0. The minimum Gasteiger partial charge on any atom is -0.339 e. The maximum atomic E-state index is 13.0. The van der Waals surface area contributed by atoms with Crippen LogP contribution >= 0.6 is 0 Å². The van der Waals surface area contributed by atoms with E-state index in [0.717, 1.165) is 37.1 Å². The molecule has 0 bridgehead atoms. The molecule has 1 aromatic rings. The maximum Gasteiger partial charge on any atom is 0.254 e. The minimum atomic E-state index is -1.51. The number of carbonyl (C=O) groups excluding carboxylic acids is 1. The summed E-state index contributed by atoms with van der Waals surface area (Å²) in [5.41, 5.74) is 2.08. The van der Waals surface area contributed by atoms with Gasteiger partial charge >= 0.3 is 0 Å². The third kappa shape index (κ3) is 3.95. The van der Waals surface area contributed by atoms with Gasteiger partial charge in [0, 0.05) is 18.7 Å². The molecule has 0 unspecified atom stereocenters. The number of amides is 1. The van der Waals surface area contributed by atoms with E-state index in [-0.39, 0.29) is 5.91 Å². The molecule has 0 aliphatic heterocycles. The standard InChI is InChI=1S/C17H29NOSi/c1-7-12-18(13-8-2)17(19)16-14(3)10-9-11-15(16)20(4,5)6/h9-11H,7-8,12-13H2,1-6H3. The molecule has 1 rings (SSSR count). The number of hydrogen-bond donors (Lipinski definition) is 0. The lowest BCUT2D eigenvalue weighted by molar-refractivity contribution is 0.0756. The van der Waals surface area contributed by atoms with Crippen LogP contribution in [-0.2, 0) is 0 Å². The van der Waals surface area contributed by atoms with Gasteiger partial charge in [-0.1, -0.05) is 51.7 Å². The third-order valence-electron chi connectivity index (χ3n) is 3.57. The van der Waals surface area contributed by atoms with Crippen molar-refractivity contribution in [1.29, 1.82) is 0 Å². The van der Waals surface area contributed by atoms with Crippen molar-refractivity contribution >= 4 is 19.2 Å². The highest BCUT2D eigenvalue weighted by Gasteiger charge is 2.26. The van der Waals surface area contributed by atoms with E-state index in [2.05, 4.69) is 58.6 Å². The van der Waals surface area contributed by atoms with Gasteiger partial charge in [-0.15, -0.1) is 0 Å². The third-order valence-corrected chi connectivity index (χ3v) is 5.60. The summed E-state index contributed by atoms with van der Waals surface area (Å²) in [6.45, 7) is 15.0. The molecule has 2 nitrogen and oxygen atoms in total. The zero-order chi connectivity index (χ0) is 15.3. The summed E-state index contributed by atoms with van der Waals surface area (Å²) >= 11 is 0. The van der Waals surface area contributed by atoms with E-state index in [9.17, 15) is 4.79 Å². The van der Waals surface area contributed by atoms with E-state index in [1.54, 1.807) is 0 Å². The summed E-state index contributed by atoms with van der Waals surface area (Å²) in [4.78, 5) is 15.0. The first kappa shape index (κ1) is 17.0. The molecular formula is C17H29NOSi. The Morgan fingerprint density at radius 2 is 1.65 bits per heavy atom. The summed E-state index contributed by atoms with van der Waals surface area (Å²) in [7, 11) is -1.51. The van der Waals surface area contributed by atoms with E-state index in [0.29, 0.717) is 0 Å². The first-order valence-electron chi connectivity index (χ1n) is 7.72. The Bertz CT molecular complexity index is 457. The van der Waals surface area contributed by atoms with Crippen molar-refractivity contribution in [2.24, 2.45) is 0 Å². The van der Waals surface area contributed by atoms with Gasteiger partial charge in [0.25, 0.3) is 5.91 Å². The lowest BCUT2D eigenvalue weighted by atomic mass is 10.1. The monoisotopic (exact) mass is 291 g/mol. The van der Waals surface area contributed by atoms with E-state index in [4.69, 9.17) is 0 Å². The molecule has 112 valence electrons. The van der Waals surface area contributed by atoms with Crippen LogP contribution in [0.1, 0.15) is 42.6 Å². The number of hydrogen-bond acceptors (Lipinski definition) is 1. The fourth-order valence-electron chi connectivity index (χ4n) is 2.59. The molecule has 0 aliphatic rings. The van der Waals surface area contributed by atoms with Gasteiger partial charge in [-0.3, -0.25) is 4.79 Å². The van der Waals surface area contributed by atoms with Crippen LogP contribution in [0, 0.1) is 6.92 Å². The van der Waals surface area contributed by atoms with Gasteiger partial charge in [-0.2, -0.15) is 0 Å². The molecule has 0 heterocycles.